The Morgan fingerprint density at radius 1 is 0.955 bits per heavy atom. The highest BCUT2D eigenvalue weighted by molar-refractivity contribution is 5.89. The molecular formula is C19H22O3. The van der Waals surface area contributed by atoms with Gasteiger partial charge in [0.25, 0.3) is 0 Å². The normalized spacial score (nSPS) is 10.5. The number of ether oxygens (including phenoxy) is 2. The van der Waals surface area contributed by atoms with E-state index in [-0.39, 0.29) is 5.97 Å². The number of esters is 1. The summed E-state index contributed by atoms with van der Waals surface area (Å²) in [4.78, 5) is 11.3. The fraction of sp³-hybridized carbons (Fsp3) is 0.316. The van der Waals surface area contributed by atoms with Crippen molar-refractivity contribution in [1.82, 2.24) is 0 Å². The van der Waals surface area contributed by atoms with Crippen molar-refractivity contribution in [3.63, 3.8) is 0 Å². The molecule has 2 rings (SSSR count). The van der Waals surface area contributed by atoms with Crippen LogP contribution in [0.4, 0.5) is 0 Å². The molecule has 0 unspecified atom stereocenters. The van der Waals surface area contributed by atoms with Crippen LogP contribution in [0.15, 0.2) is 48.5 Å². The van der Waals surface area contributed by atoms with Crippen molar-refractivity contribution in [3.8, 4) is 5.75 Å². The van der Waals surface area contributed by atoms with Gasteiger partial charge in [0.1, 0.15) is 12.4 Å². The molecule has 0 saturated heterocycles. The summed E-state index contributed by atoms with van der Waals surface area (Å²) in [5.74, 6) is 1.06. The Hall–Kier alpha value is -2.29. The summed E-state index contributed by atoms with van der Waals surface area (Å²) in [6.07, 6.45) is 1.09. The van der Waals surface area contributed by atoms with Gasteiger partial charge in [0.15, 0.2) is 0 Å². The second-order valence-corrected chi connectivity index (χ2v) is 5.72. The van der Waals surface area contributed by atoms with E-state index in [2.05, 4.69) is 42.8 Å². The quantitative estimate of drug-likeness (QED) is 0.748. The second kappa shape index (κ2) is 7.64. The van der Waals surface area contributed by atoms with Crippen LogP contribution >= 0.6 is 0 Å². The first-order chi connectivity index (χ1) is 10.6. The maximum absolute atomic E-state index is 11.3. The number of hydrogen-bond donors (Lipinski definition) is 0. The lowest BCUT2D eigenvalue weighted by atomic mass is 10.0. The molecule has 3 heteroatoms. The number of carbonyl (C=O) groups excluding carboxylic acids is 1. The third kappa shape index (κ3) is 4.62. The van der Waals surface area contributed by atoms with Gasteiger partial charge >= 0.3 is 5.97 Å². The molecular weight excluding hydrogens is 276 g/mol. The Morgan fingerprint density at radius 2 is 1.55 bits per heavy atom. The maximum atomic E-state index is 11.3. The first kappa shape index (κ1) is 16.1. The Bertz CT molecular complexity index is 598. The van der Waals surface area contributed by atoms with Crippen LogP contribution in [0.2, 0.25) is 0 Å². The third-order valence-electron chi connectivity index (χ3n) is 3.35. The topological polar surface area (TPSA) is 35.5 Å². The van der Waals surface area contributed by atoms with Crippen molar-refractivity contribution in [1.29, 1.82) is 0 Å². The molecule has 0 aliphatic carbocycles. The summed E-state index contributed by atoms with van der Waals surface area (Å²) in [6.45, 7) is 4.95. The first-order valence-corrected chi connectivity index (χ1v) is 7.47. The van der Waals surface area contributed by atoms with Crippen LogP contribution in [0.25, 0.3) is 0 Å². The minimum Gasteiger partial charge on any atom is -0.489 e. The molecule has 0 radical (unpaired) electrons. The number of carbonyl (C=O) groups is 1. The SMILES string of the molecule is COC(=O)c1ccc(OCc2ccc(CC(C)C)cc2)cc1. The molecule has 0 saturated carbocycles. The molecule has 0 atom stereocenters. The van der Waals surface area contributed by atoms with Crippen molar-refractivity contribution >= 4 is 5.97 Å². The highest BCUT2D eigenvalue weighted by Crippen LogP contribution is 2.16. The molecule has 0 heterocycles. The van der Waals surface area contributed by atoms with Crippen LogP contribution in [0.5, 0.6) is 5.75 Å². The number of methoxy groups -OCH3 is 1. The molecule has 22 heavy (non-hydrogen) atoms. The summed E-state index contributed by atoms with van der Waals surface area (Å²) in [5.41, 5.74) is 3.00. The van der Waals surface area contributed by atoms with Crippen molar-refractivity contribution in [2.75, 3.05) is 7.11 Å². The van der Waals surface area contributed by atoms with E-state index in [0.717, 1.165) is 17.7 Å². The summed E-state index contributed by atoms with van der Waals surface area (Å²) in [6, 6.07) is 15.5. The molecule has 116 valence electrons. The Labute approximate surface area is 131 Å². The van der Waals surface area contributed by atoms with Gasteiger partial charge in [-0.25, -0.2) is 4.79 Å². The standard InChI is InChI=1S/C19H22O3/c1-14(2)12-15-4-6-16(7-5-15)13-22-18-10-8-17(9-11-18)19(20)21-3/h4-11,14H,12-13H2,1-3H3. The van der Waals surface area contributed by atoms with E-state index in [9.17, 15) is 4.79 Å². The summed E-state index contributed by atoms with van der Waals surface area (Å²) in [5, 5.41) is 0. The lowest BCUT2D eigenvalue weighted by Gasteiger charge is -2.09. The van der Waals surface area contributed by atoms with Gasteiger partial charge in [-0.3, -0.25) is 0 Å². The maximum Gasteiger partial charge on any atom is 0.337 e. The highest BCUT2D eigenvalue weighted by atomic mass is 16.5. The average molecular weight is 298 g/mol. The molecule has 0 bridgehead atoms. The van der Waals surface area contributed by atoms with E-state index in [4.69, 9.17) is 4.74 Å². The van der Waals surface area contributed by atoms with Crippen LogP contribution in [0, 0.1) is 5.92 Å². The Balaban J connectivity index is 1.91. The predicted octanol–water partition coefficient (Wildman–Crippen LogP) is 4.25. The van der Waals surface area contributed by atoms with E-state index in [1.807, 2.05) is 0 Å². The monoisotopic (exact) mass is 298 g/mol. The number of benzene rings is 2. The zero-order valence-corrected chi connectivity index (χ0v) is 13.3. The predicted molar refractivity (Wildman–Crippen MR) is 87.1 cm³/mol. The van der Waals surface area contributed by atoms with Gasteiger partial charge in [-0.15, -0.1) is 0 Å². The molecule has 2 aromatic carbocycles. The van der Waals surface area contributed by atoms with E-state index in [0.29, 0.717) is 18.1 Å². The van der Waals surface area contributed by atoms with E-state index >= 15 is 0 Å². The van der Waals surface area contributed by atoms with Crippen LogP contribution in [-0.2, 0) is 17.8 Å². The van der Waals surface area contributed by atoms with Gasteiger partial charge in [0.2, 0.25) is 0 Å². The zero-order valence-electron chi connectivity index (χ0n) is 13.3. The lowest BCUT2D eigenvalue weighted by Crippen LogP contribution is -2.01. The van der Waals surface area contributed by atoms with E-state index in [1.165, 1.54) is 12.7 Å². The molecule has 0 aromatic heterocycles. The van der Waals surface area contributed by atoms with Gasteiger partial charge < -0.3 is 9.47 Å². The molecule has 0 aliphatic rings. The summed E-state index contributed by atoms with van der Waals surface area (Å²) >= 11 is 0. The van der Waals surface area contributed by atoms with Crippen molar-refractivity contribution in [3.05, 3.63) is 65.2 Å². The van der Waals surface area contributed by atoms with Crippen LogP contribution < -0.4 is 4.74 Å². The largest absolute Gasteiger partial charge is 0.489 e. The van der Waals surface area contributed by atoms with Crippen molar-refractivity contribution < 1.29 is 14.3 Å². The first-order valence-electron chi connectivity index (χ1n) is 7.47. The minimum atomic E-state index is -0.340. The molecule has 0 aliphatic heterocycles. The van der Waals surface area contributed by atoms with Crippen LogP contribution in [0.3, 0.4) is 0 Å². The molecule has 0 spiro atoms. The van der Waals surface area contributed by atoms with Crippen LogP contribution in [-0.4, -0.2) is 13.1 Å². The summed E-state index contributed by atoms with van der Waals surface area (Å²) < 4.78 is 10.4. The number of hydrogen-bond acceptors (Lipinski definition) is 3. The minimum absolute atomic E-state index is 0.340. The smallest absolute Gasteiger partial charge is 0.337 e. The fourth-order valence-corrected chi connectivity index (χ4v) is 2.21. The molecule has 2 aromatic rings. The lowest BCUT2D eigenvalue weighted by molar-refractivity contribution is 0.0600. The van der Waals surface area contributed by atoms with E-state index in [1.54, 1.807) is 24.3 Å². The molecule has 0 N–H and O–H groups in total. The van der Waals surface area contributed by atoms with Crippen molar-refractivity contribution in [2.24, 2.45) is 5.92 Å². The van der Waals surface area contributed by atoms with E-state index < -0.39 is 0 Å². The van der Waals surface area contributed by atoms with Gasteiger partial charge in [-0.2, -0.15) is 0 Å². The molecule has 3 nitrogen and oxygen atoms in total. The Kier molecular flexibility index (Phi) is 5.59. The van der Waals surface area contributed by atoms with Gasteiger partial charge in [-0.1, -0.05) is 38.1 Å². The highest BCUT2D eigenvalue weighted by Gasteiger charge is 2.05. The fourth-order valence-electron chi connectivity index (χ4n) is 2.21. The Morgan fingerprint density at radius 3 is 2.09 bits per heavy atom. The number of rotatable bonds is 6. The zero-order chi connectivity index (χ0) is 15.9. The van der Waals surface area contributed by atoms with Gasteiger partial charge in [0.05, 0.1) is 12.7 Å². The summed E-state index contributed by atoms with van der Waals surface area (Å²) in [7, 11) is 1.37. The van der Waals surface area contributed by atoms with Crippen LogP contribution in [0.1, 0.15) is 35.3 Å². The second-order valence-electron chi connectivity index (χ2n) is 5.72. The van der Waals surface area contributed by atoms with Crippen molar-refractivity contribution in [2.45, 2.75) is 26.9 Å². The van der Waals surface area contributed by atoms with Gasteiger partial charge in [0, 0.05) is 0 Å². The average Bonchev–Trinajstić information content (AvgIpc) is 2.53. The molecule has 0 amide bonds. The molecule has 0 fully saturated rings. The third-order valence-corrected chi connectivity index (χ3v) is 3.35. The van der Waals surface area contributed by atoms with Gasteiger partial charge in [-0.05, 0) is 47.7 Å².